The Morgan fingerprint density at radius 2 is 1.71 bits per heavy atom. The number of hydrogen-bond acceptors (Lipinski definition) is 5. The van der Waals surface area contributed by atoms with E-state index in [0.29, 0.717) is 22.3 Å². The number of halogens is 1. The zero-order valence-electron chi connectivity index (χ0n) is 18.1. The summed E-state index contributed by atoms with van der Waals surface area (Å²) in [6, 6.07) is 10.0. The third-order valence-electron chi connectivity index (χ3n) is 7.18. The second kappa shape index (κ2) is 7.83. The lowest BCUT2D eigenvalue weighted by atomic mass is 9.85. The summed E-state index contributed by atoms with van der Waals surface area (Å²) in [4.78, 5) is 49.5. The molecule has 3 aromatic rings. The van der Waals surface area contributed by atoms with Crippen LogP contribution in [0.25, 0.3) is 11.0 Å². The average molecular weight is 456 g/mol. The van der Waals surface area contributed by atoms with E-state index in [9.17, 15) is 18.8 Å². The summed E-state index contributed by atoms with van der Waals surface area (Å²) in [5.74, 6) is -2.09. The minimum atomic E-state index is -0.888. The van der Waals surface area contributed by atoms with E-state index in [1.165, 1.54) is 23.1 Å². The molecule has 170 valence electrons. The SMILES string of the molecule is O=C(CC(c1cccc(F)c1)N1C(=O)C2C3C=CC(C3)C2C1=O)Nc1ccc2nccnc2c1. The first-order valence-electron chi connectivity index (χ1n) is 11.3. The lowest BCUT2D eigenvalue weighted by molar-refractivity contribution is -0.144. The Balaban J connectivity index is 1.29. The molecule has 6 rings (SSSR count). The lowest BCUT2D eigenvalue weighted by Crippen LogP contribution is -2.38. The zero-order chi connectivity index (χ0) is 23.4. The van der Waals surface area contributed by atoms with E-state index in [2.05, 4.69) is 15.3 Å². The number of amides is 3. The third kappa shape index (κ3) is 3.29. The van der Waals surface area contributed by atoms with Crippen molar-refractivity contribution in [3.63, 3.8) is 0 Å². The molecule has 2 aromatic carbocycles. The number of carbonyl (C=O) groups is 3. The molecule has 1 saturated carbocycles. The van der Waals surface area contributed by atoms with Gasteiger partial charge in [0.25, 0.3) is 0 Å². The number of aromatic nitrogens is 2. The molecule has 5 atom stereocenters. The van der Waals surface area contributed by atoms with Crippen LogP contribution in [0.2, 0.25) is 0 Å². The third-order valence-corrected chi connectivity index (χ3v) is 7.18. The van der Waals surface area contributed by atoms with Crippen LogP contribution in [0, 0.1) is 29.5 Å². The molecular weight excluding hydrogens is 435 g/mol. The van der Waals surface area contributed by atoms with Gasteiger partial charge >= 0.3 is 0 Å². The van der Waals surface area contributed by atoms with E-state index in [0.717, 1.165) is 6.42 Å². The highest BCUT2D eigenvalue weighted by molar-refractivity contribution is 6.07. The smallest absolute Gasteiger partial charge is 0.234 e. The number of anilines is 1. The van der Waals surface area contributed by atoms with Gasteiger partial charge in [-0.3, -0.25) is 29.3 Å². The number of imide groups is 1. The predicted octanol–water partition coefficient (Wildman–Crippen LogP) is 3.65. The molecule has 1 aromatic heterocycles. The van der Waals surface area contributed by atoms with Crippen molar-refractivity contribution in [3.8, 4) is 0 Å². The van der Waals surface area contributed by atoms with Crippen molar-refractivity contribution in [1.29, 1.82) is 0 Å². The fourth-order valence-electron chi connectivity index (χ4n) is 5.73. The van der Waals surface area contributed by atoms with Gasteiger partial charge < -0.3 is 5.32 Å². The summed E-state index contributed by atoms with van der Waals surface area (Å²) in [6.45, 7) is 0. The summed E-state index contributed by atoms with van der Waals surface area (Å²) >= 11 is 0. The first kappa shape index (κ1) is 20.7. The second-order valence-corrected chi connectivity index (χ2v) is 9.13. The molecule has 3 amide bonds. The van der Waals surface area contributed by atoms with Crippen LogP contribution in [0.3, 0.4) is 0 Å². The van der Waals surface area contributed by atoms with Crippen LogP contribution in [0.5, 0.6) is 0 Å². The van der Waals surface area contributed by atoms with Gasteiger partial charge in [-0.1, -0.05) is 24.3 Å². The van der Waals surface area contributed by atoms with Crippen molar-refractivity contribution in [3.05, 3.63) is 78.4 Å². The van der Waals surface area contributed by atoms with Gasteiger partial charge in [0.2, 0.25) is 17.7 Å². The predicted molar refractivity (Wildman–Crippen MR) is 121 cm³/mol. The van der Waals surface area contributed by atoms with Crippen molar-refractivity contribution in [2.24, 2.45) is 23.7 Å². The zero-order valence-corrected chi connectivity index (χ0v) is 18.1. The van der Waals surface area contributed by atoms with Gasteiger partial charge in [0.05, 0.1) is 35.3 Å². The van der Waals surface area contributed by atoms with E-state index < -0.39 is 17.8 Å². The molecular formula is C26H21FN4O3. The topological polar surface area (TPSA) is 92.3 Å². The van der Waals surface area contributed by atoms with Crippen LogP contribution >= 0.6 is 0 Å². The van der Waals surface area contributed by atoms with Crippen LogP contribution in [0.1, 0.15) is 24.4 Å². The Kier molecular flexibility index (Phi) is 4.76. The Morgan fingerprint density at radius 1 is 1.00 bits per heavy atom. The molecule has 0 spiro atoms. The fourth-order valence-corrected chi connectivity index (χ4v) is 5.73. The van der Waals surface area contributed by atoms with Crippen molar-refractivity contribution in [1.82, 2.24) is 14.9 Å². The maximum Gasteiger partial charge on any atom is 0.234 e. The molecule has 1 N–H and O–H groups in total. The second-order valence-electron chi connectivity index (χ2n) is 9.13. The molecule has 8 heteroatoms. The van der Waals surface area contributed by atoms with Gasteiger partial charge in [-0.15, -0.1) is 0 Å². The monoisotopic (exact) mass is 456 g/mol. The van der Waals surface area contributed by atoms with E-state index >= 15 is 0 Å². The highest BCUT2D eigenvalue weighted by Gasteiger charge is 2.60. The van der Waals surface area contributed by atoms with Crippen molar-refractivity contribution in [2.45, 2.75) is 18.9 Å². The largest absolute Gasteiger partial charge is 0.326 e. The molecule has 34 heavy (non-hydrogen) atoms. The highest BCUT2D eigenvalue weighted by atomic mass is 19.1. The number of benzene rings is 2. The quantitative estimate of drug-likeness (QED) is 0.467. The standard InChI is InChI=1S/C26H21FN4O3/c27-17-3-1-2-14(11-17)21(31-25(33)23-15-4-5-16(10-15)24(23)26(31)34)13-22(32)30-18-6-7-19-20(12-18)29-9-8-28-19/h1-9,11-12,15-16,21,23-24H,10,13H2,(H,30,32). The number of carbonyl (C=O) groups excluding carboxylic acids is 3. The lowest BCUT2D eigenvalue weighted by Gasteiger charge is -2.28. The fraction of sp³-hybridized carbons (Fsp3) is 0.269. The van der Waals surface area contributed by atoms with Crippen LogP contribution in [-0.2, 0) is 14.4 Å². The maximum atomic E-state index is 14.1. The van der Waals surface area contributed by atoms with Crippen LogP contribution in [0.4, 0.5) is 10.1 Å². The highest BCUT2D eigenvalue weighted by Crippen LogP contribution is 2.54. The molecule has 1 saturated heterocycles. The van der Waals surface area contributed by atoms with Gasteiger partial charge in [-0.2, -0.15) is 0 Å². The molecule has 2 fully saturated rings. The number of likely N-dealkylation sites (tertiary alicyclic amines) is 1. The number of allylic oxidation sites excluding steroid dienone is 2. The minimum absolute atomic E-state index is 0.0529. The summed E-state index contributed by atoms with van der Waals surface area (Å²) in [5.41, 5.74) is 2.26. The molecule has 1 aliphatic heterocycles. The van der Waals surface area contributed by atoms with E-state index in [1.807, 2.05) is 12.2 Å². The summed E-state index contributed by atoms with van der Waals surface area (Å²) in [5, 5.41) is 2.82. The Morgan fingerprint density at radius 3 is 2.41 bits per heavy atom. The van der Waals surface area contributed by atoms with Gasteiger partial charge in [0.1, 0.15) is 5.82 Å². The van der Waals surface area contributed by atoms with Gasteiger partial charge in [0.15, 0.2) is 0 Å². The van der Waals surface area contributed by atoms with E-state index in [4.69, 9.17) is 0 Å². The molecule has 2 aliphatic carbocycles. The summed E-state index contributed by atoms with van der Waals surface area (Å²) < 4.78 is 14.1. The van der Waals surface area contributed by atoms with Crippen molar-refractivity contribution >= 4 is 34.4 Å². The Bertz CT molecular complexity index is 1340. The normalized spacial score (nSPS) is 25.7. The van der Waals surface area contributed by atoms with Gasteiger partial charge in [-0.05, 0) is 54.2 Å². The Hall–Kier alpha value is -3.94. The Labute approximate surface area is 194 Å². The summed E-state index contributed by atoms with van der Waals surface area (Å²) in [6.07, 6.45) is 7.83. The van der Waals surface area contributed by atoms with Crippen LogP contribution < -0.4 is 5.32 Å². The van der Waals surface area contributed by atoms with Crippen molar-refractivity contribution < 1.29 is 18.8 Å². The number of nitrogens with zero attached hydrogens (tertiary/aromatic N) is 3. The maximum absolute atomic E-state index is 14.1. The van der Waals surface area contributed by atoms with E-state index in [-0.39, 0.29) is 41.9 Å². The van der Waals surface area contributed by atoms with E-state index in [1.54, 1.807) is 36.7 Å². The van der Waals surface area contributed by atoms with Crippen LogP contribution in [-0.4, -0.2) is 32.6 Å². The van der Waals surface area contributed by atoms with Gasteiger partial charge in [-0.25, -0.2) is 4.39 Å². The molecule has 2 bridgehead atoms. The summed E-state index contributed by atoms with van der Waals surface area (Å²) in [7, 11) is 0. The molecule has 7 nitrogen and oxygen atoms in total. The van der Waals surface area contributed by atoms with Gasteiger partial charge in [0, 0.05) is 18.1 Å². The molecule has 0 radical (unpaired) electrons. The number of hydrogen-bond donors (Lipinski definition) is 1. The van der Waals surface area contributed by atoms with Crippen molar-refractivity contribution in [2.75, 3.05) is 5.32 Å². The molecule has 5 unspecified atom stereocenters. The number of rotatable bonds is 5. The van der Waals surface area contributed by atoms with Crippen LogP contribution in [0.15, 0.2) is 67.0 Å². The minimum Gasteiger partial charge on any atom is -0.326 e. The average Bonchev–Trinajstić information content (AvgIpc) is 3.51. The first-order valence-corrected chi connectivity index (χ1v) is 11.3. The first-order chi connectivity index (χ1) is 16.5. The molecule has 3 aliphatic rings. The number of nitrogens with one attached hydrogen (secondary N) is 1. The molecule has 2 heterocycles. The number of fused-ring (bicyclic) bond motifs is 6.